The van der Waals surface area contributed by atoms with Crippen molar-refractivity contribution in [2.24, 2.45) is 0 Å². The van der Waals surface area contributed by atoms with Gasteiger partial charge in [-0.3, -0.25) is 9.58 Å². The lowest BCUT2D eigenvalue weighted by atomic mass is 10.1. The number of carboxylic acid groups (broad SMARTS) is 2. The summed E-state index contributed by atoms with van der Waals surface area (Å²) in [5.41, 5.74) is 1.34. The van der Waals surface area contributed by atoms with Gasteiger partial charge in [0, 0.05) is 63.2 Å². The van der Waals surface area contributed by atoms with Crippen LogP contribution in [0.2, 0.25) is 0 Å². The van der Waals surface area contributed by atoms with E-state index in [2.05, 4.69) is 32.6 Å². The topological polar surface area (TPSA) is 108 Å². The highest BCUT2D eigenvalue weighted by Gasteiger charge is 2.16. The van der Waals surface area contributed by atoms with Crippen LogP contribution in [0.25, 0.3) is 0 Å². The maximum Gasteiger partial charge on any atom is 0.328 e. The number of aryl methyl sites for hydroxylation is 2. The van der Waals surface area contributed by atoms with E-state index >= 15 is 0 Å². The van der Waals surface area contributed by atoms with Crippen LogP contribution in [-0.4, -0.2) is 87.6 Å². The average Bonchev–Trinajstić information content (AvgIpc) is 3.10. The van der Waals surface area contributed by atoms with E-state index in [0.29, 0.717) is 12.2 Å². The largest absolute Gasteiger partial charge is 0.478 e. The van der Waals surface area contributed by atoms with Crippen LogP contribution in [0.4, 0.5) is 0 Å². The third-order valence-electron chi connectivity index (χ3n) is 4.83. The number of piperazine rings is 1. The number of hydrogen-bond acceptors (Lipinski definition) is 6. The fourth-order valence-electron chi connectivity index (χ4n) is 3.21. The highest BCUT2D eigenvalue weighted by molar-refractivity contribution is 5.89. The third-order valence-corrected chi connectivity index (χ3v) is 4.83. The van der Waals surface area contributed by atoms with Crippen molar-refractivity contribution in [2.75, 3.05) is 45.9 Å². The van der Waals surface area contributed by atoms with E-state index in [0.717, 1.165) is 45.1 Å². The maximum atomic E-state index is 9.55. The molecule has 1 aromatic heterocycles. The zero-order chi connectivity index (χ0) is 20.4. The summed E-state index contributed by atoms with van der Waals surface area (Å²) in [7, 11) is 0. The van der Waals surface area contributed by atoms with Crippen molar-refractivity contribution >= 4 is 11.9 Å². The second kappa shape index (κ2) is 11.5. The number of likely N-dealkylation sites (N-methyl/N-ethyl adjacent to an activating group) is 1. The zero-order valence-electron chi connectivity index (χ0n) is 16.4. The lowest BCUT2D eigenvalue weighted by Crippen LogP contribution is -2.47. The van der Waals surface area contributed by atoms with Gasteiger partial charge in [0.25, 0.3) is 0 Å². The summed E-state index contributed by atoms with van der Waals surface area (Å²) in [6.45, 7) is 10.9. The molecule has 9 heteroatoms. The summed E-state index contributed by atoms with van der Waals surface area (Å²) < 4.78 is 7.94. The number of nitrogens with zero attached hydrogens (tertiary/aromatic N) is 4. The van der Waals surface area contributed by atoms with Crippen LogP contribution in [0.15, 0.2) is 18.2 Å². The molecule has 0 radical (unpaired) electrons. The van der Waals surface area contributed by atoms with Crippen LogP contribution in [0.5, 0.6) is 5.88 Å². The SMILES string of the molecule is CCN1CCN(CCOc2cc3n(n2)CCCC3)CC1.O=C(O)C=CC(=O)O. The number of fused-ring (bicyclic) bond motifs is 1. The molecular formula is C19H30N4O5. The third kappa shape index (κ3) is 7.69. The highest BCUT2D eigenvalue weighted by Crippen LogP contribution is 2.19. The number of aliphatic carboxylic acids is 2. The molecule has 2 aliphatic rings. The Labute approximate surface area is 165 Å². The van der Waals surface area contributed by atoms with Crippen molar-refractivity contribution in [3.05, 3.63) is 23.9 Å². The lowest BCUT2D eigenvalue weighted by molar-refractivity contribution is -0.134. The van der Waals surface area contributed by atoms with E-state index in [1.54, 1.807) is 0 Å². The Balaban J connectivity index is 0.000000300. The van der Waals surface area contributed by atoms with Crippen molar-refractivity contribution in [1.82, 2.24) is 19.6 Å². The van der Waals surface area contributed by atoms with Crippen LogP contribution in [0.1, 0.15) is 25.5 Å². The molecule has 1 saturated heterocycles. The summed E-state index contributed by atoms with van der Waals surface area (Å²) >= 11 is 0. The van der Waals surface area contributed by atoms with Crippen molar-refractivity contribution < 1.29 is 24.5 Å². The molecule has 9 nitrogen and oxygen atoms in total. The number of hydrogen-bond donors (Lipinski definition) is 2. The molecule has 0 bridgehead atoms. The molecule has 1 aromatic rings. The number of ether oxygens (including phenoxy) is 1. The van der Waals surface area contributed by atoms with Crippen molar-refractivity contribution in [3.8, 4) is 5.88 Å². The van der Waals surface area contributed by atoms with Crippen molar-refractivity contribution in [3.63, 3.8) is 0 Å². The lowest BCUT2D eigenvalue weighted by Gasteiger charge is -2.33. The predicted octanol–water partition coefficient (Wildman–Crippen LogP) is 0.948. The maximum absolute atomic E-state index is 9.55. The zero-order valence-corrected chi connectivity index (χ0v) is 16.4. The molecule has 1 fully saturated rings. The Morgan fingerprint density at radius 2 is 1.71 bits per heavy atom. The monoisotopic (exact) mass is 394 g/mol. The van der Waals surface area contributed by atoms with Crippen LogP contribution in [0, 0.1) is 0 Å². The molecule has 2 aliphatic heterocycles. The van der Waals surface area contributed by atoms with Gasteiger partial charge in [0.2, 0.25) is 5.88 Å². The first-order valence-electron chi connectivity index (χ1n) is 9.76. The number of carbonyl (C=O) groups is 2. The summed E-state index contributed by atoms with van der Waals surface area (Å²) in [4.78, 5) is 24.1. The summed E-state index contributed by atoms with van der Waals surface area (Å²) in [5, 5.41) is 20.2. The number of rotatable bonds is 7. The van der Waals surface area contributed by atoms with E-state index in [9.17, 15) is 9.59 Å². The van der Waals surface area contributed by atoms with E-state index < -0.39 is 11.9 Å². The van der Waals surface area contributed by atoms with E-state index in [1.165, 1.54) is 38.2 Å². The molecule has 28 heavy (non-hydrogen) atoms. The van der Waals surface area contributed by atoms with E-state index in [4.69, 9.17) is 14.9 Å². The molecule has 0 atom stereocenters. The number of aromatic nitrogens is 2. The fourth-order valence-corrected chi connectivity index (χ4v) is 3.21. The molecule has 3 heterocycles. The quantitative estimate of drug-likeness (QED) is 0.658. The molecule has 0 aromatic carbocycles. The minimum absolute atomic E-state index is 0.558. The average molecular weight is 394 g/mol. The van der Waals surface area contributed by atoms with Gasteiger partial charge >= 0.3 is 11.9 Å². The predicted molar refractivity (Wildman–Crippen MR) is 104 cm³/mol. The van der Waals surface area contributed by atoms with Crippen LogP contribution < -0.4 is 4.74 Å². The second-order valence-corrected chi connectivity index (χ2v) is 6.79. The first-order chi connectivity index (χ1) is 13.5. The number of carboxylic acids is 2. The Hall–Kier alpha value is -2.39. The van der Waals surface area contributed by atoms with Gasteiger partial charge in [0.05, 0.1) is 0 Å². The molecule has 0 amide bonds. The minimum Gasteiger partial charge on any atom is -0.478 e. The molecule has 0 unspecified atom stereocenters. The second-order valence-electron chi connectivity index (χ2n) is 6.79. The van der Waals surface area contributed by atoms with Gasteiger partial charge < -0.3 is 19.8 Å². The first kappa shape index (κ1) is 21.9. The van der Waals surface area contributed by atoms with Gasteiger partial charge in [0.1, 0.15) is 6.61 Å². The van der Waals surface area contributed by atoms with E-state index in [-0.39, 0.29) is 0 Å². The standard InChI is InChI=1S/C15H26N4O.C4H4O4/c1-2-17-7-9-18(10-8-17)11-12-20-15-13-14-5-3-4-6-19(14)16-15;5-3(6)1-2-4(7)8/h13H,2-12H2,1H3;1-2H,(H,5,6)(H,7,8). The molecular weight excluding hydrogens is 364 g/mol. The summed E-state index contributed by atoms with van der Waals surface area (Å²) in [6.07, 6.45) is 4.79. The first-order valence-corrected chi connectivity index (χ1v) is 9.76. The fraction of sp³-hybridized carbons (Fsp3) is 0.632. The van der Waals surface area contributed by atoms with Gasteiger partial charge in [0.15, 0.2) is 0 Å². The van der Waals surface area contributed by atoms with Gasteiger partial charge in [-0.25, -0.2) is 9.59 Å². The molecule has 2 N–H and O–H groups in total. The summed E-state index contributed by atoms with van der Waals surface area (Å²) in [5.74, 6) is -1.70. The molecule has 3 rings (SSSR count). The van der Waals surface area contributed by atoms with E-state index in [1.807, 2.05) is 0 Å². The summed E-state index contributed by atoms with van der Waals surface area (Å²) in [6, 6.07) is 2.12. The molecule has 156 valence electrons. The minimum atomic E-state index is -1.26. The molecule has 0 saturated carbocycles. The normalized spacial score (nSPS) is 17.6. The Morgan fingerprint density at radius 3 is 2.29 bits per heavy atom. The Morgan fingerprint density at radius 1 is 1.07 bits per heavy atom. The van der Waals surface area contributed by atoms with Crippen LogP contribution in [0.3, 0.4) is 0 Å². The van der Waals surface area contributed by atoms with Crippen LogP contribution in [-0.2, 0) is 22.6 Å². The Bertz CT molecular complexity index is 626. The van der Waals surface area contributed by atoms with Crippen LogP contribution >= 0.6 is 0 Å². The van der Waals surface area contributed by atoms with Crippen molar-refractivity contribution in [1.29, 1.82) is 0 Å². The Kier molecular flexibility index (Phi) is 8.96. The van der Waals surface area contributed by atoms with Crippen molar-refractivity contribution in [2.45, 2.75) is 32.7 Å². The van der Waals surface area contributed by atoms with Gasteiger partial charge in [-0.15, -0.1) is 5.10 Å². The molecule has 0 aliphatic carbocycles. The smallest absolute Gasteiger partial charge is 0.328 e. The van der Waals surface area contributed by atoms with Gasteiger partial charge in [-0.1, -0.05) is 6.92 Å². The van der Waals surface area contributed by atoms with Gasteiger partial charge in [-0.05, 0) is 25.8 Å². The van der Waals surface area contributed by atoms with Gasteiger partial charge in [-0.2, -0.15) is 0 Å². The highest BCUT2D eigenvalue weighted by atomic mass is 16.5. The molecule has 0 spiro atoms.